The molecule has 0 saturated heterocycles. The number of carbonyl (C=O) groups is 1. The molecular formula is C19H23N5O. The summed E-state index contributed by atoms with van der Waals surface area (Å²) in [6, 6.07) is 10.2. The number of aromatic nitrogens is 4. The SMILES string of the molecule is CCC(CC)n1nc(C(=O)N2CCn3c2nc2ccccc23)cc1C. The van der Waals surface area contributed by atoms with Crippen LogP contribution >= 0.6 is 0 Å². The van der Waals surface area contributed by atoms with Crippen LogP contribution in [0.25, 0.3) is 11.0 Å². The molecule has 1 aliphatic rings. The van der Waals surface area contributed by atoms with Gasteiger partial charge in [0.15, 0.2) is 5.69 Å². The highest BCUT2D eigenvalue weighted by Gasteiger charge is 2.30. The second-order valence-electron chi connectivity index (χ2n) is 6.59. The molecule has 0 aliphatic carbocycles. The molecule has 3 aromatic rings. The Balaban J connectivity index is 1.69. The Morgan fingerprint density at radius 1 is 1.20 bits per heavy atom. The first-order chi connectivity index (χ1) is 12.1. The Hall–Kier alpha value is -2.63. The summed E-state index contributed by atoms with van der Waals surface area (Å²) in [6.45, 7) is 7.73. The third-order valence-electron chi connectivity index (χ3n) is 5.10. The van der Waals surface area contributed by atoms with Crippen molar-refractivity contribution >= 4 is 22.9 Å². The summed E-state index contributed by atoms with van der Waals surface area (Å²) in [7, 11) is 0. The molecular weight excluding hydrogens is 314 g/mol. The lowest BCUT2D eigenvalue weighted by Crippen LogP contribution is -2.30. The number of aryl methyl sites for hydroxylation is 1. The van der Waals surface area contributed by atoms with Crippen molar-refractivity contribution in [2.75, 3.05) is 11.4 Å². The minimum Gasteiger partial charge on any atom is -0.308 e. The first kappa shape index (κ1) is 15.9. The molecule has 6 nitrogen and oxygen atoms in total. The highest BCUT2D eigenvalue weighted by Crippen LogP contribution is 2.28. The van der Waals surface area contributed by atoms with Crippen LogP contribution in [-0.4, -0.2) is 31.8 Å². The van der Waals surface area contributed by atoms with Crippen LogP contribution in [0.2, 0.25) is 0 Å². The average molecular weight is 337 g/mol. The summed E-state index contributed by atoms with van der Waals surface area (Å²) in [5.74, 6) is 0.655. The van der Waals surface area contributed by atoms with E-state index in [2.05, 4.69) is 28.5 Å². The van der Waals surface area contributed by atoms with E-state index < -0.39 is 0 Å². The predicted octanol–water partition coefficient (Wildman–Crippen LogP) is 3.56. The predicted molar refractivity (Wildman–Crippen MR) is 98.0 cm³/mol. The van der Waals surface area contributed by atoms with Crippen molar-refractivity contribution in [3.63, 3.8) is 0 Å². The summed E-state index contributed by atoms with van der Waals surface area (Å²) in [5.41, 5.74) is 3.54. The van der Waals surface area contributed by atoms with E-state index in [1.54, 1.807) is 4.90 Å². The Kier molecular flexibility index (Phi) is 3.82. The summed E-state index contributed by atoms with van der Waals surface area (Å²) in [5, 5.41) is 4.61. The van der Waals surface area contributed by atoms with E-state index in [0.29, 0.717) is 18.3 Å². The first-order valence-corrected chi connectivity index (χ1v) is 8.97. The first-order valence-electron chi connectivity index (χ1n) is 8.97. The standard InChI is InChI=1S/C19H23N5O/c1-4-14(5-2)24-13(3)12-16(21-24)18(25)23-11-10-22-17-9-7-6-8-15(17)20-19(22)23/h6-9,12,14H,4-5,10-11H2,1-3H3. The van der Waals surface area contributed by atoms with Gasteiger partial charge in [0.25, 0.3) is 5.91 Å². The van der Waals surface area contributed by atoms with Gasteiger partial charge in [0.1, 0.15) is 0 Å². The molecule has 25 heavy (non-hydrogen) atoms. The molecule has 0 bridgehead atoms. The zero-order valence-corrected chi connectivity index (χ0v) is 14.9. The van der Waals surface area contributed by atoms with Crippen molar-refractivity contribution in [3.8, 4) is 0 Å². The van der Waals surface area contributed by atoms with Crippen LogP contribution in [0.3, 0.4) is 0 Å². The molecule has 0 fully saturated rings. The van der Waals surface area contributed by atoms with Crippen LogP contribution in [0.5, 0.6) is 0 Å². The van der Waals surface area contributed by atoms with Crippen molar-refractivity contribution in [3.05, 3.63) is 41.7 Å². The Bertz CT molecular complexity index is 935. The van der Waals surface area contributed by atoms with Crippen molar-refractivity contribution in [1.29, 1.82) is 0 Å². The molecule has 1 amide bonds. The highest BCUT2D eigenvalue weighted by atomic mass is 16.2. The average Bonchev–Trinajstić information content (AvgIpc) is 3.29. The normalized spacial score (nSPS) is 13.8. The number of benzene rings is 1. The number of fused-ring (bicyclic) bond motifs is 3. The van der Waals surface area contributed by atoms with Gasteiger partial charge in [-0.05, 0) is 38.0 Å². The van der Waals surface area contributed by atoms with Crippen LogP contribution in [-0.2, 0) is 6.54 Å². The number of rotatable bonds is 4. The second kappa shape index (κ2) is 6.02. The Labute approximate surface area is 147 Å². The van der Waals surface area contributed by atoms with Gasteiger partial charge in [0.2, 0.25) is 5.95 Å². The number of hydrogen-bond donors (Lipinski definition) is 0. The van der Waals surface area contributed by atoms with Crippen molar-refractivity contribution < 1.29 is 4.79 Å². The summed E-state index contributed by atoms with van der Waals surface area (Å²) in [6.07, 6.45) is 2.01. The Morgan fingerprint density at radius 3 is 2.72 bits per heavy atom. The molecule has 6 heteroatoms. The zero-order valence-electron chi connectivity index (χ0n) is 14.9. The molecule has 0 atom stereocenters. The van der Waals surface area contributed by atoms with Gasteiger partial charge in [-0.1, -0.05) is 26.0 Å². The molecule has 1 aliphatic heterocycles. The number of nitrogens with zero attached hydrogens (tertiary/aromatic N) is 5. The molecule has 0 unspecified atom stereocenters. The molecule has 0 N–H and O–H groups in total. The molecule has 0 spiro atoms. The van der Waals surface area contributed by atoms with Gasteiger partial charge in [-0.3, -0.25) is 14.4 Å². The fraction of sp³-hybridized carbons (Fsp3) is 0.421. The molecule has 3 heterocycles. The number of para-hydroxylation sites is 2. The van der Waals surface area contributed by atoms with E-state index in [0.717, 1.165) is 42.1 Å². The number of hydrogen-bond acceptors (Lipinski definition) is 3. The van der Waals surface area contributed by atoms with E-state index in [1.807, 2.05) is 41.9 Å². The van der Waals surface area contributed by atoms with Crippen LogP contribution in [0.15, 0.2) is 30.3 Å². The minimum atomic E-state index is -0.0677. The van der Waals surface area contributed by atoms with Gasteiger partial charge in [-0.15, -0.1) is 0 Å². The van der Waals surface area contributed by atoms with Gasteiger partial charge >= 0.3 is 0 Å². The third-order valence-corrected chi connectivity index (χ3v) is 5.10. The molecule has 130 valence electrons. The van der Waals surface area contributed by atoms with Crippen LogP contribution in [0, 0.1) is 6.92 Å². The maximum Gasteiger partial charge on any atom is 0.281 e. The molecule has 2 aromatic heterocycles. The maximum absolute atomic E-state index is 13.0. The van der Waals surface area contributed by atoms with Gasteiger partial charge in [0.05, 0.1) is 17.1 Å². The van der Waals surface area contributed by atoms with E-state index in [4.69, 9.17) is 0 Å². The van der Waals surface area contributed by atoms with Crippen LogP contribution in [0.1, 0.15) is 48.9 Å². The van der Waals surface area contributed by atoms with Gasteiger partial charge in [0, 0.05) is 18.8 Å². The lowest BCUT2D eigenvalue weighted by molar-refractivity contribution is 0.0982. The minimum absolute atomic E-state index is 0.0677. The quantitative estimate of drug-likeness (QED) is 0.731. The van der Waals surface area contributed by atoms with E-state index >= 15 is 0 Å². The number of amides is 1. The Morgan fingerprint density at radius 2 is 1.96 bits per heavy atom. The zero-order chi connectivity index (χ0) is 17.6. The molecule has 0 saturated carbocycles. The molecule has 0 radical (unpaired) electrons. The van der Waals surface area contributed by atoms with Crippen molar-refractivity contribution in [2.24, 2.45) is 0 Å². The van der Waals surface area contributed by atoms with E-state index in [-0.39, 0.29) is 5.91 Å². The molecule has 1 aromatic carbocycles. The van der Waals surface area contributed by atoms with Crippen molar-refractivity contribution in [1.82, 2.24) is 19.3 Å². The maximum atomic E-state index is 13.0. The van der Waals surface area contributed by atoms with E-state index in [9.17, 15) is 4.79 Å². The van der Waals surface area contributed by atoms with Crippen LogP contribution < -0.4 is 4.90 Å². The number of imidazole rings is 1. The fourth-order valence-corrected chi connectivity index (χ4v) is 3.72. The highest BCUT2D eigenvalue weighted by molar-refractivity contribution is 6.05. The topological polar surface area (TPSA) is 56.0 Å². The molecule has 4 rings (SSSR count). The monoisotopic (exact) mass is 337 g/mol. The largest absolute Gasteiger partial charge is 0.308 e. The van der Waals surface area contributed by atoms with Crippen LogP contribution in [0.4, 0.5) is 5.95 Å². The summed E-state index contributed by atoms with van der Waals surface area (Å²) in [4.78, 5) is 19.4. The van der Waals surface area contributed by atoms with Gasteiger partial charge < -0.3 is 4.57 Å². The second-order valence-corrected chi connectivity index (χ2v) is 6.59. The fourth-order valence-electron chi connectivity index (χ4n) is 3.72. The summed E-state index contributed by atoms with van der Waals surface area (Å²) >= 11 is 0. The number of anilines is 1. The summed E-state index contributed by atoms with van der Waals surface area (Å²) < 4.78 is 4.10. The number of carbonyl (C=O) groups excluding carboxylic acids is 1. The van der Waals surface area contributed by atoms with Crippen molar-refractivity contribution in [2.45, 2.75) is 46.2 Å². The third kappa shape index (κ3) is 2.44. The lowest BCUT2D eigenvalue weighted by Gasteiger charge is -2.15. The smallest absolute Gasteiger partial charge is 0.281 e. The van der Waals surface area contributed by atoms with E-state index in [1.165, 1.54) is 0 Å². The van der Waals surface area contributed by atoms with Gasteiger partial charge in [-0.2, -0.15) is 5.10 Å². The van der Waals surface area contributed by atoms with Gasteiger partial charge in [-0.25, -0.2) is 4.98 Å². The lowest BCUT2D eigenvalue weighted by atomic mass is 10.2.